The summed E-state index contributed by atoms with van der Waals surface area (Å²) in [6.07, 6.45) is -0.316. The SMILES string of the molecule is CC(CNC(=O)C1CC(O)CN1)Oc1cccc(F)c1.Cl. The van der Waals surface area contributed by atoms with E-state index in [1.165, 1.54) is 12.1 Å². The van der Waals surface area contributed by atoms with Gasteiger partial charge in [-0.05, 0) is 25.5 Å². The van der Waals surface area contributed by atoms with Crippen molar-refractivity contribution >= 4 is 18.3 Å². The summed E-state index contributed by atoms with van der Waals surface area (Å²) in [6.45, 7) is 2.55. The number of amides is 1. The predicted molar refractivity (Wildman–Crippen MR) is 79.2 cm³/mol. The summed E-state index contributed by atoms with van der Waals surface area (Å²) in [5, 5.41) is 15.0. The summed E-state index contributed by atoms with van der Waals surface area (Å²) >= 11 is 0. The van der Waals surface area contributed by atoms with Crippen LogP contribution >= 0.6 is 12.4 Å². The highest BCUT2D eigenvalue weighted by molar-refractivity contribution is 5.85. The molecule has 1 saturated heterocycles. The van der Waals surface area contributed by atoms with Gasteiger partial charge in [0.25, 0.3) is 0 Å². The first kappa shape index (κ1) is 17.7. The number of aliphatic hydroxyl groups is 1. The topological polar surface area (TPSA) is 70.6 Å². The highest BCUT2D eigenvalue weighted by Gasteiger charge is 2.27. The molecular formula is C14H20ClFN2O3. The van der Waals surface area contributed by atoms with Crippen LogP contribution in [0.3, 0.4) is 0 Å². The second-order valence-electron chi connectivity index (χ2n) is 4.98. The minimum atomic E-state index is -0.466. The van der Waals surface area contributed by atoms with Crippen molar-refractivity contribution in [3.05, 3.63) is 30.1 Å². The smallest absolute Gasteiger partial charge is 0.237 e. The Bertz CT molecular complexity index is 475. The zero-order valence-corrected chi connectivity index (χ0v) is 12.5. The van der Waals surface area contributed by atoms with E-state index in [2.05, 4.69) is 10.6 Å². The lowest BCUT2D eigenvalue weighted by Gasteiger charge is -2.17. The van der Waals surface area contributed by atoms with Gasteiger partial charge in [0.05, 0.1) is 18.7 Å². The monoisotopic (exact) mass is 318 g/mol. The summed E-state index contributed by atoms with van der Waals surface area (Å²) in [4.78, 5) is 11.8. The third-order valence-corrected chi connectivity index (χ3v) is 3.12. The van der Waals surface area contributed by atoms with E-state index >= 15 is 0 Å². The number of nitrogens with one attached hydrogen (secondary N) is 2. The number of halogens is 2. The lowest BCUT2D eigenvalue weighted by atomic mass is 10.2. The van der Waals surface area contributed by atoms with Crippen LogP contribution in [-0.2, 0) is 4.79 Å². The minimum Gasteiger partial charge on any atom is -0.489 e. The summed E-state index contributed by atoms with van der Waals surface area (Å²) in [6, 6.07) is 5.52. The third kappa shape index (κ3) is 5.49. The van der Waals surface area contributed by atoms with Gasteiger partial charge in [0.15, 0.2) is 0 Å². The van der Waals surface area contributed by atoms with Gasteiger partial charge in [-0.2, -0.15) is 0 Å². The fourth-order valence-electron chi connectivity index (χ4n) is 2.10. The van der Waals surface area contributed by atoms with E-state index in [-0.39, 0.29) is 36.3 Å². The van der Waals surface area contributed by atoms with Gasteiger partial charge in [-0.1, -0.05) is 6.07 Å². The van der Waals surface area contributed by atoms with E-state index < -0.39 is 6.10 Å². The Morgan fingerprint density at radius 2 is 2.38 bits per heavy atom. The molecular weight excluding hydrogens is 299 g/mol. The van der Waals surface area contributed by atoms with E-state index in [1.54, 1.807) is 19.1 Å². The molecule has 3 atom stereocenters. The molecule has 0 spiro atoms. The molecule has 1 amide bonds. The Kier molecular flexibility index (Phi) is 6.87. The largest absolute Gasteiger partial charge is 0.489 e. The van der Waals surface area contributed by atoms with E-state index in [9.17, 15) is 14.3 Å². The maximum atomic E-state index is 13.0. The van der Waals surface area contributed by atoms with Crippen molar-refractivity contribution in [1.29, 1.82) is 0 Å². The molecule has 0 saturated carbocycles. The standard InChI is InChI=1S/C14H19FN2O3.ClH/c1-9(20-12-4-2-3-10(15)5-12)7-17-14(19)13-6-11(18)8-16-13;/h2-5,9,11,13,16,18H,6-8H2,1H3,(H,17,19);1H. The van der Waals surface area contributed by atoms with E-state index in [1.807, 2.05) is 0 Å². The number of hydrogen-bond acceptors (Lipinski definition) is 4. The first-order valence-corrected chi connectivity index (χ1v) is 6.66. The Labute approximate surface area is 129 Å². The average molecular weight is 319 g/mol. The summed E-state index contributed by atoms with van der Waals surface area (Å²) in [5.41, 5.74) is 0. The Balaban J connectivity index is 0.00000220. The molecule has 118 valence electrons. The molecule has 0 aromatic heterocycles. The zero-order chi connectivity index (χ0) is 14.5. The maximum Gasteiger partial charge on any atom is 0.237 e. The van der Waals surface area contributed by atoms with Crippen LogP contribution in [-0.4, -0.2) is 42.4 Å². The van der Waals surface area contributed by atoms with Crippen molar-refractivity contribution < 1.29 is 19.0 Å². The van der Waals surface area contributed by atoms with Crippen molar-refractivity contribution in [3.8, 4) is 5.75 Å². The molecule has 1 aromatic carbocycles. The molecule has 7 heteroatoms. The van der Waals surface area contributed by atoms with Crippen LogP contribution in [0.1, 0.15) is 13.3 Å². The molecule has 0 aliphatic carbocycles. The molecule has 5 nitrogen and oxygen atoms in total. The third-order valence-electron chi connectivity index (χ3n) is 3.12. The number of carbonyl (C=O) groups is 1. The van der Waals surface area contributed by atoms with Gasteiger partial charge >= 0.3 is 0 Å². The number of rotatable bonds is 5. The molecule has 1 aliphatic heterocycles. The molecule has 3 N–H and O–H groups in total. The summed E-state index contributed by atoms with van der Waals surface area (Å²) < 4.78 is 18.5. The Hall–Kier alpha value is -1.37. The van der Waals surface area contributed by atoms with Gasteiger partial charge in [0.1, 0.15) is 17.7 Å². The molecule has 1 aliphatic rings. The second-order valence-corrected chi connectivity index (χ2v) is 4.98. The van der Waals surface area contributed by atoms with Gasteiger partial charge in [0, 0.05) is 12.6 Å². The lowest BCUT2D eigenvalue weighted by molar-refractivity contribution is -0.123. The molecule has 2 rings (SSSR count). The summed E-state index contributed by atoms with van der Waals surface area (Å²) in [5.74, 6) is -0.0831. The molecule has 3 unspecified atom stereocenters. The molecule has 1 heterocycles. The first-order chi connectivity index (χ1) is 9.54. The summed E-state index contributed by atoms with van der Waals surface area (Å²) in [7, 11) is 0. The first-order valence-electron chi connectivity index (χ1n) is 6.66. The van der Waals surface area contributed by atoms with Crippen LogP contribution in [0.2, 0.25) is 0 Å². The number of β-amino-alcohol motifs (C(OH)–C–C–N with tert-alkyl or cyclic N) is 1. The molecule has 21 heavy (non-hydrogen) atoms. The van der Waals surface area contributed by atoms with Crippen LogP contribution in [0.5, 0.6) is 5.75 Å². The van der Waals surface area contributed by atoms with Crippen LogP contribution in [0.25, 0.3) is 0 Å². The highest BCUT2D eigenvalue weighted by atomic mass is 35.5. The Morgan fingerprint density at radius 1 is 1.62 bits per heavy atom. The normalized spacial score (nSPS) is 22.2. The van der Waals surface area contributed by atoms with E-state index in [0.29, 0.717) is 25.3 Å². The fourth-order valence-corrected chi connectivity index (χ4v) is 2.10. The van der Waals surface area contributed by atoms with Crippen molar-refractivity contribution in [1.82, 2.24) is 10.6 Å². The second kappa shape index (κ2) is 8.17. The number of carbonyl (C=O) groups excluding carboxylic acids is 1. The van der Waals surface area contributed by atoms with Gasteiger partial charge in [-0.15, -0.1) is 12.4 Å². The molecule has 0 bridgehead atoms. The van der Waals surface area contributed by atoms with Crippen molar-refractivity contribution in [2.75, 3.05) is 13.1 Å². The van der Waals surface area contributed by atoms with Crippen LogP contribution in [0, 0.1) is 5.82 Å². The fraction of sp³-hybridized carbons (Fsp3) is 0.500. The number of benzene rings is 1. The van der Waals surface area contributed by atoms with Crippen LogP contribution < -0.4 is 15.4 Å². The highest BCUT2D eigenvalue weighted by Crippen LogP contribution is 2.13. The number of aliphatic hydroxyl groups excluding tert-OH is 1. The lowest BCUT2D eigenvalue weighted by Crippen LogP contribution is -2.43. The predicted octanol–water partition coefficient (Wildman–Crippen LogP) is 0.854. The molecule has 1 aromatic rings. The maximum absolute atomic E-state index is 13.0. The Morgan fingerprint density at radius 3 is 3.00 bits per heavy atom. The van der Waals surface area contributed by atoms with Crippen LogP contribution in [0.4, 0.5) is 4.39 Å². The average Bonchev–Trinajstić information content (AvgIpc) is 2.83. The molecule has 1 fully saturated rings. The van der Waals surface area contributed by atoms with Crippen LogP contribution in [0.15, 0.2) is 24.3 Å². The number of hydrogen-bond donors (Lipinski definition) is 3. The minimum absolute atomic E-state index is 0. The van der Waals surface area contributed by atoms with Gasteiger partial charge in [0.2, 0.25) is 5.91 Å². The quantitative estimate of drug-likeness (QED) is 0.753. The van der Waals surface area contributed by atoms with Gasteiger partial charge < -0.3 is 20.5 Å². The van der Waals surface area contributed by atoms with E-state index in [4.69, 9.17) is 4.74 Å². The number of ether oxygens (including phenoxy) is 1. The van der Waals surface area contributed by atoms with Gasteiger partial charge in [-0.25, -0.2) is 4.39 Å². The van der Waals surface area contributed by atoms with Crippen molar-refractivity contribution in [3.63, 3.8) is 0 Å². The van der Waals surface area contributed by atoms with Gasteiger partial charge in [-0.3, -0.25) is 4.79 Å². The van der Waals surface area contributed by atoms with E-state index in [0.717, 1.165) is 0 Å². The van der Waals surface area contributed by atoms with Crippen molar-refractivity contribution in [2.45, 2.75) is 31.6 Å². The zero-order valence-electron chi connectivity index (χ0n) is 11.7. The van der Waals surface area contributed by atoms with Crippen molar-refractivity contribution in [2.24, 2.45) is 0 Å². The molecule has 0 radical (unpaired) electrons.